The molecule has 1 N–H and O–H groups in total. The van der Waals surface area contributed by atoms with Crippen LogP contribution in [0.1, 0.15) is 23.2 Å². The summed E-state index contributed by atoms with van der Waals surface area (Å²) >= 11 is 11.9. The van der Waals surface area contributed by atoms with Gasteiger partial charge in [0, 0.05) is 18.7 Å². The molecule has 1 atom stereocenters. The lowest BCUT2D eigenvalue weighted by Gasteiger charge is -2.34. The normalized spacial score (nSPS) is 25.7. The Bertz CT molecular complexity index is 607. The minimum Gasteiger partial charge on any atom is -0.384 e. The van der Waals surface area contributed by atoms with Crippen molar-refractivity contribution in [3.63, 3.8) is 0 Å². The number of carbonyl (C=O) groups excluding carboxylic acids is 1. The zero-order chi connectivity index (χ0) is 17.2. The third kappa shape index (κ3) is 4.21. The van der Waals surface area contributed by atoms with Gasteiger partial charge in [-0.2, -0.15) is 0 Å². The van der Waals surface area contributed by atoms with E-state index in [1.807, 2.05) is 0 Å². The van der Waals surface area contributed by atoms with Crippen molar-refractivity contribution >= 4 is 29.1 Å². The number of amides is 1. The van der Waals surface area contributed by atoms with Gasteiger partial charge in [-0.3, -0.25) is 4.79 Å². The van der Waals surface area contributed by atoms with Crippen LogP contribution >= 0.6 is 23.2 Å². The first-order valence-electron chi connectivity index (χ1n) is 8.24. The molecule has 2 aliphatic heterocycles. The Kier molecular flexibility index (Phi) is 5.67. The lowest BCUT2D eigenvalue weighted by molar-refractivity contribution is -0.0524. The SMILES string of the molecule is O=C(c1ccc(Cl)c(Cl)c1)N1CCOCC(O)(CN2CCCC2)C1. The zero-order valence-electron chi connectivity index (χ0n) is 13.5. The van der Waals surface area contributed by atoms with E-state index in [1.54, 1.807) is 23.1 Å². The van der Waals surface area contributed by atoms with Crippen molar-refractivity contribution in [3.05, 3.63) is 33.8 Å². The Morgan fingerprint density at radius 2 is 1.96 bits per heavy atom. The van der Waals surface area contributed by atoms with Gasteiger partial charge in [0.25, 0.3) is 5.91 Å². The van der Waals surface area contributed by atoms with Crippen molar-refractivity contribution in [3.8, 4) is 0 Å². The van der Waals surface area contributed by atoms with Gasteiger partial charge in [-0.15, -0.1) is 0 Å². The number of rotatable bonds is 3. The van der Waals surface area contributed by atoms with E-state index < -0.39 is 5.60 Å². The largest absolute Gasteiger partial charge is 0.384 e. The van der Waals surface area contributed by atoms with Gasteiger partial charge in [0.15, 0.2) is 0 Å². The van der Waals surface area contributed by atoms with Gasteiger partial charge < -0.3 is 19.6 Å². The Labute approximate surface area is 152 Å². The molecule has 5 nitrogen and oxygen atoms in total. The summed E-state index contributed by atoms with van der Waals surface area (Å²) in [6, 6.07) is 4.83. The van der Waals surface area contributed by atoms with Crippen LogP contribution in [0.5, 0.6) is 0 Å². The summed E-state index contributed by atoms with van der Waals surface area (Å²) in [5.41, 5.74) is -0.581. The summed E-state index contributed by atoms with van der Waals surface area (Å²) in [4.78, 5) is 16.7. The van der Waals surface area contributed by atoms with Crippen LogP contribution in [0.3, 0.4) is 0 Å². The molecule has 0 bridgehead atoms. The number of carbonyl (C=O) groups is 1. The predicted molar refractivity (Wildman–Crippen MR) is 93.8 cm³/mol. The van der Waals surface area contributed by atoms with Gasteiger partial charge in [-0.1, -0.05) is 23.2 Å². The van der Waals surface area contributed by atoms with E-state index in [0.717, 1.165) is 25.9 Å². The third-order valence-corrected chi connectivity index (χ3v) is 5.27. The Morgan fingerprint density at radius 3 is 2.67 bits per heavy atom. The fourth-order valence-electron chi connectivity index (χ4n) is 3.35. The van der Waals surface area contributed by atoms with Crippen LogP contribution in [0.4, 0.5) is 0 Å². The first kappa shape index (κ1) is 18.0. The van der Waals surface area contributed by atoms with Crippen molar-refractivity contribution in [2.45, 2.75) is 18.4 Å². The molecule has 0 aliphatic carbocycles. The highest BCUT2D eigenvalue weighted by Crippen LogP contribution is 2.24. The number of ether oxygens (including phenoxy) is 1. The Balaban J connectivity index is 1.73. The lowest BCUT2D eigenvalue weighted by Crippen LogP contribution is -2.53. The number of hydrogen-bond donors (Lipinski definition) is 1. The van der Waals surface area contributed by atoms with Crippen LogP contribution in [0.15, 0.2) is 18.2 Å². The van der Waals surface area contributed by atoms with Crippen LogP contribution < -0.4 is 0 Å². The molecular formula is C17H22Cl2N2O3. The minimum atomic E-state index is -1.05. The molecule has 0 radical (unpaired) electrons. The lowest BCUT2D eigenvalue weighted by atomic mass is 10.0. The van der Waals surface area contributed by atoms with Crippen molar-refractivity contribution in [1.82, 2.24) is 9.80 Å². The molecule has 1 unspecified atom stereocenters. The molecule has 0 aromatic heterocycles. The highest BCUT2D eigenvalue weighted by Gasteiger charge is 2.36. The monoisotopic (exact) mass is 372 g/mol. The Morgan fingerprint density at radius 1 is 1.21 bits per heavy atom. The smallest absolute Gasteiger partial charge is 0.254 e. The van der Waals surface area contributed by atoms with E-state index in [4.69, 9.17) is 27.9 Å². The molecule has 24 heavy (non-hydrogen) atoms. The molecular weight excluding hydrogens is 351 g/mol. The molecule has 7 heteroatoms. The van der Waals surface area contributed by atoms with Crippen LogP contribution in [0.2, 0.25) is 10.0 Å². The highest BCUT2D eigenvalue weighted by atomic mass is 35.5. The van der Waals surface area contributed by atoms with E-state index >= 15 is 0 Å². The first-order chi connectivity index (χ1) is 11.5. The third-order valence-electron chi connectivity index (χ3n) is 4.53. The van der Waals surface area contributed by atoms with Gasteiger partial charge in [0.1, 0.15) is 5.60 Å². The molecule has 1 aromatic carbocycles. The molecule has 1 aromatic rings. The van der Waals surface area contributed by atoms with Crippen molar-refractivity contribution in [2.75, 3.05) is 45.9 Å². The van der Waals surface area contributed by atoms with Gasteiger partial charge >= 0.3 is 0 Å². The van der Waals surface area contributed by atoms with Crippen molar-refractivity contribution in [1.29, 1.82) is 0 Å². The van der Waals surface area contributed by atoms with Crippen LogP contribution in [-0.4, -0.2) is 72.4 Å². The number of β-amino-alcohol motifs (C(OH)–C–C–N with tert-alkyl or cyclic N) is 1. The highest BCUT2D eigenvalue weighted by molar-refractivity contribution is 6.42. The van der Waals surface area contributed by atoms with Gasteiger partial charge in [0.2, 0.25) is 0 Å². The summed E-state index contributed by atoms with van der Waals surface area (Å²) in [5.74, 6) is -0.168. The summed E-state index contributed by atoms with van der Waals surface area (Å²) < 4.78 is 5.56. The van der Waals surface area contributed by atoms with Crippen LogP contribution in [0, 0.1) is 0 Å². The molecule has 0 saturated carbocycles. The first-order valence-corrected chi connectivity index (χ1v) is 8.99. The fourth-order valence-corrected chi connectivity index (χ4v) is 3.65. The van der Waals surface area contributed by atoms with E-state index in [1.165, 1.54) is 0 Å². The second-order valence-corrected chi connectivity index (χ2v) is 7.43. The minimum absolute atomic E-state index is 0.168. The average molecular weight is 373 g/mol. The topological polar surface area (TPSA) is 53.0 Å². The maximum atomic E-state index is 12.8. The molecule has 2 fully saturated rings. The number of nitrogens with zero attached hydrogens (tertiary/aromatic N) is 2. The van der Waals surface area contributed by atoms with E-state index in [9.17, 15) is 9.90 Å². The van der Waals surface area contributed by atoms with Crippen molar-refractivity contribution < 1.29 is 14.6 Å². The van der Waals surface area contributed by atoms with Gasteiger partial charge in [-0.05, 0) is 44.1 Å². The van der Waals surface area contributed by atoms with E-state index in [2.05, 4.69) is 4.90 Å². The number of likely N-dealkylation sites (tertiary alicyclic amines) is 1. The zero-order valence-corrected chi connectivity index (χ0v) is 15.0. The molecule has 2 aliphatic rings. The number of hydrogen-bond acceptors (Lipinski definition) is 4. The number of halogens is 2. The summed E-state index contributed by atoms with van der Waals surface area (Å²) in [6.07, 6.45) is 2.31. The summed E-state index contributed by atoms with van der Waals surface area (Å²) in [6.45, 7) is 3.86. The summed E-state index contributed by atoms with van der Waals surface area (Å²) in [7, 11) is 0. The molecule has 0 spiro atoms. The van der Waals surface area contributed by atoms with Gasteiger partial charge in [-0.25, -0.2) is 0 Å². The average Bonchev–Trinajstić information content (AvgIpc) is 2.97. The number of aliphatic hydroxyl groups is 1. The second kappa shape index (κ2) is 7.58. The quantitative estimate of drug-likeness (QED) is 0.884. The maximum absolute atomic E-state index is 12.8. The van der Waals surface area contributed by atoms with Crippen LogP contribution in [0.25, 0.3) is 0 Å². The number of benzene rings is 1. The predicted octanol–water partition coefficient (Wildman–Crippen LogP) is 2.29. The van der Waals surface area contributed by atoms with Crippen LogP contribution in [-0.2, 0) is 4.74 Å². The summed E-state index contributed by atoms with van der Waals surface area (Å²) in [5, 5.41) is 11.7. The molecule has 3 rings (SSSR count). The molecule has 2 heterocycles. The van der Waals surface area contributed by atoms with E-state index in [-0.39, 0.29) is 19.1 Å². The molecule has 2 saturated heterocycles. The molecule has 132 valence electrons. The van der Waals surface area contributed by atoms with E-state index in [0.29, 0.717) is 35.3 Å². The fraction of sp³-hybridized carbons (Fsp3) is 0.588. The Hall–Kier alpha value is -0.850. The second-order valence-electron chi connectivity index (χ2n) is 6.62. The standard InChI is InChI=1S/C17H22Cl2N2O3/c18-14-4-3-13(9-15(14)19)16(22)21-7-8-24-12-17(23,11-21)10-20-5-1-2-6-20/h3-4,9,23H,1-2,5-8,10-12H2. The van der Waals surface area contributed by atoms with Crippen molar-refractivity contribution in [2.24, 2.45) is 0 Å². The molecule has 1 amide bonds. The maximum Gasteiger partial charge on any atom is 0.254 e. The van der Waals surface area contributed by atoms with Gasteiger partial charge in [0.05, 0.1) is 29.8 Å².